The first-order valence-electron chi connectivity index (χ1n) is 16.6. The maximum atomic E-state index is 5.94. The minimum Gasteiger partial charge on any atom is -0.455 e. The topological polar surface area (TPSA) is 69.2 Å². The highest BCUT2D eigenvalue weighted by Gasteiger charge is 2.13. The number of halogens is 1. The van der Waals surface area contributed by atoms with Gasteiger partial charge in [0.2, 0.25) is 0 Å². The van der Waals surface area contributed by atoms with Crippen LogP contribution in [0.3, 0.4) is 0 Å². The summed E-state index contributed by atoms with van der Waals surface area (Å²) in [6, 6.07) is 2.13. The maximum Gasteiger partial charge on any atom is 0.316 e. The van der Waals surface area contributed by atoms with Crippen LogP contribution in [0.15, 0.2) is 30.9 Å². The van der Waals surface area contributed by atoms with E-state index in [1.54, 1.807) is 18.5 Å². The third-order valence-corrected chi connectivity index (χ3v) is 7.40. The predicted molar refractivity (Wildman–Crippen MR) is 174 cm³/mol. The minimum absolute atomic E-state index is 0. The molecule has 42 heavy (non-hydrogen) atoms. The third kappa shape index (κ3) is 22.0. The molecule has 1 atom stereocenters. The zero-order valence-corrected chi connectivity index (χ0v) is 27.6. The molecule has 0 fully saturated rings. The van der Waals surface area contributed by atoms with Gasteiger partial charge in [0.05, 0.1) is 39.7 Å². The van der Waals surface area contributed by atoms with Gasteiger partial charge in [0.25, 0.3) is 0 Å². The lowest BCUT2D eigenvalue weighted by Gasteiger charge is -2.19. The van der Waals surface area contributed by atoms with Gasteiger partial charge in [-0.15, -0.1) is 12.4 Å². The molecule has 8 nitrogen and oxygen atoms in total. The monoisotopic (exact) mass is 612 g/mol. The van der Waals surface area contributed by atoms with E-state index in [1.165, 1.54) is 96.3 Å². The van der Waals surface area contributed by atoms with Gasteiger partial charge in [-0.05, 0) is 12.5 Å². The van der Waals surface area contributed by atoms with Crippen molar-refractivity contribution in [2.45, 2.75) is 116 Å². The van der Waals surface area contributed by atoms with Crippen LogP contribution in [0.25, 0.3) is 0 Å². The fourth-order valence-electron chi connectivity index (χ4n) is 4.93. The van der Waals surface area contributed by atoms with Crippen LogP contribution in [0.1, 0.15) is 110 Å². The Kier molecular flexibility index (Phi) is 25.8. The summed E-state index contributed by atoms with van der Waals surface area (Å²) >= 11 is 0. The highest BCUT2D eigenvalue weighted by Crippen LogP contribution is 2.14. The van der Waals surface area contributed by atoms with Crippen molar-refractivity contribution >= 4 is 12.4 Å². The predicted octanol–water partition coefficient (Wildman–Crippen LogP) is 7.63. The molecule has 0 aliphatic carbocycles. The van der Waals surface area contributed by atoms with Gasteiger partial charge >= 0.3 is 6.01 Å². The number of nitrogens with zero attached hydrogens (tertiary/aromatic N) is 4. The van der Waals surface area contributed by atoms with Gasteiger partial charge in [0.15, 0.2) is 0 Å². The molecule has 2 heterocycles. The molecule has 9 heteroatoms. The number of rotatable bonds is 29. The summed E-state index contributed by atoms with van der Waals surface area (Å²) in [5, 5.41) is 0. The standard InChI is InChI=1S/C33H60N4O4.ClH/c1-3-4-5-6-7-8-9-10-11-12-13-14-15-16-17-18-25-39-29-32(41-33-34-20-19-21-35-33)30-40-28-27-38-26-24-37-23-22-36(2)31-37;/h19-23,32H,3-18,24-31H2,1-2H3;1H. The maximum absolute atomic E-state index is 5.94. The average Bonchev–Trinajstić information content (AvgIpc) is 3.41. The Bertz CT molecular complexity index is 731. The quantitative estimate of drug-likeness (QED) is 0.0855. The molecule has 244 valence electrons. The second-order valence-electron chi connectivity index (χ2n) is 11.3. The van der Waals surface area contributed by atoms with Crippen molar-refractivity contribution in [3.8, 4) is 6.01 Å². The zero-order valence-electron chi connectivity index (χ0n) is 26.8. The van der Waals surface area contributed by atoms with Crippen LogP contribution < -0.4 is 4.74 Å². The highest BCUT2D eigenvalue weighted by molar-refractivity contribution is 5.85. The number of hydrogen-bond acceptors (Lipinski definition) is 8. The van der Waals surface area contributed by atoms with E-state index < -0.39 is 0 Å². The summed E-state index contributed by atoms with van der Waals surface area (Å²) in [6.07, 6.45) is 29.2. The van der Waals surface area contributed by atoms with Crippen molar-refractivity contribution in [3.63, 3.8) is 0 Å². The molecule has 0 aromatic carbocycles. The van der Waals surface area contributed by atoms with E-state index in [1.807, 2.05) is 0 Å². The van der Waals surface area contributed by atoms with Crippen molar-refractivity contribution in [2.75, 3.05) is 59.9 Å². The molecule has 0 spiro atoms. The Labute approximate surface area is 263 Å². The molecule has 1 unspecified atom stereocenters. The van der Waals surface area contributed by atoms with Crippen LogP contribution in [-0.2, 0) is 14.2 Å². The lowest BCUT2D eigenvalue weighted by atomic mass is 10.0. The zero-order chi connectivity index (χ0) is 29.1. The number of hydrogen-bond donors (Lipinski definition) is 0. The molecule has 0 amide bonds. The van der Waals surface area contributed by atoms with Gasteiger partial charge in [-0.1, -0.05) is 103 Å². The number of aromatic nitrogens is 2. The summed E-state index contributed by atoms with van der Waals surface area (Å²) in [5.74, 6) is 0. The molecule has 0 saturated carbocycles. The van der Waals surface area contributed by atoms with Crippen molar-refractivity contribution in [1.82, 2.24) is 19.8 Å². The molecular formula is C33H61ClN4O4. The van der Waals surface area contributed by atoms with Gasteiger partial charge in [-0.2, -0.15) is 0 Å². The van der Waals surface area contributed by atoms with Gasteiger partial charge in [0.1, 0.15) is 6.10 Å². The minimum atomic E-state index is -0.247. The van der Waals surface area contributed by atoms with Crippen LogP contribution in [0, 0.1) is 0 Å². The first kappa shape index (κ1) is 38.4. The van der Waals surface area contributed by atoms with E-state index >= 15 is 0 Å². The second kappa shape index (κ2) is 28.2. The molecule has 1 aliphatic heterocycles. The normalized spacial score (nSPS) is 13.5. The molecule has 0 N–H and O–H groups in total. The lowest BCUT2D eigenvalue weighted by molar-refractivity contribution is -0.0260. The molecular weight excluding hydrogens is 552 g/mol. The summed E-state index contributed by atoms with van der Waals surface area (Å²) in [5.41, 5.74) is 0. The smallest absolute Gasteiger partial charge is 0.316 e. The lowest BCUT2D eigenvalue weighted by Crippen LogP contribution is -2.30. The van der Waals surface area contributed by atoms with Gasteiger partial charge in [0, 0.05) is 45.0 Å². The van der Waals surface area contributed by atoms with E-state index in [2.05, 4.69) is 46.1 Å². The molecule has 0 bridgehead atoms. The first-order valence-corrected chi connectivity index (χ1v) is 16.6. The average molecular weight is 613 g/mol. The summed E-state index contributed by atoms with van der Waals surface area (Å²) < 4.78 is 23.4. The van der Waals surface area contributed by atoms with Gasteiger partial charge in [-0.25, -0.2) is 9.97 Å². The van der Waals surface area contributed by atoms with Crippen LogP contribution in [0.5, 0.6) is 6.01 Å². The molecule has 1 aromatic heterocycles. The van der Waals surface area contributed by atoms with Gasteiger partial charge < -0.3 is 28.7 Å². The van der Waals surface area contributed by atoms with E-state index in [4.69, 9.17) is 18.9 Å². The Morgan fingerprint density at radius 1 is 0.667 bits per heavy atom. The Hall–Kier alpha value is -1.61. The van der Waals surface area contributed by atoms with Crippen molar-refractivity contribution < 1.29 is 18.9 Å². The van der Waals surface area contributed by atoms with Gasteiger partial charge in [-0.3, -0.25) is 0 Å². The number of ether oxygens (including phenoxy) is 4. The van der Waals surface area contributed by atoms with Crippen molar-refractivity contribution in [1.29, 1.82) is 0 Å². The third-order valence-electron chi connectivity index (χ3n) is 7.40. The van der Waals surface area contributed by atoms with Crippen molar-refractivity contribution in [2.24, 2.45) is 0 Å². The van der Waals surface area contributed by atoms with Crippen LogP contribution >= 0.6 is 12.4 Å². The first-order chi connectivity index (χ1) is 20.3. The molecule has 0 radical (unpaired) electrons. The summed E-state index contributed by atoms with van der Waals surface area (Å²) in [7, 11) is 2.06. The fraction of sp³-hybridized carbons (Fsp3) is 0.818. The SMILES string of the molecule is CCCCCCCCCCCCCCCCCCOCC(COCCOCCN1C=CN(C)C1)Oc1ncccn1.Cl. The van der Waals surface area contributed by atoms with E-state index in [-0.39, 0.29) is 18.5 Å². The highest BCUT2D eigenvalue weighted by atomic mass is 35.5. The summed E-state index contributed by atoms with van der Waals surface area (Å²) in [4.78, 5) is 12.7. The van der Waals surface area contributed by atoms with Crippen LogP contribution in [0.4, 0.5) is 0 Å². The van der Waals surface area contributed by atoms with Crippen LogP contribution in [-0.4, -0.2) is 85.8 Å². The van der Waals surface area contributed by atoms with Crippen molar-refractivity contribution in [3.05, 3.63) is 30.9 Å². The van der Waals surface area contributed by atoms with E-state index in [9.17, 15) is 0 Å². The molecule has 2 rings (SSSR count). The summed E-state index contributed by atoms with van der Waals surface area (Å²) in [6.45, 7) is 7.47. The molecule has 1 aromatic rings. The Morgan fingerprint density at radius 2 is 1.19 bits per heavy atom. The molecule has 1 aliphatic rings. The Morgan fingerprint density at radius 3 is 1.74 bits per heavy atom. The Balaban J connectivity index is 0.00000882. The molecule has 0 saturated heterocycles. The second-order valence-corrected chi connectivity index (χ2v) is 11.3. The largest absolute Gasteiger partial charge is 0.455 e. The van der Waals surface area contributed by atoms with E-state index in [0.717, 1.165) is 26.2 Å². The van der Waals surface area contributed by atoms with E-state index in [0.29, 0.717) is 39.0 Å². The number of unbranched alkanes of at least 4 members (excludes halogenated alkanes) is 15. The fourth-order valence-corrected chi connectivity index (χ4v) is 4.93. The van der Waals surface area contributed by atoms with Crippen LogP contribution in [0.2, 0.25) is 0 Å².